The van der Waals surface area contributed by atoms with Gasteiger partial charge in [0.05, 0.1) is 12.3 Å². The number of aliphatic carboxylic acids is 1. The molecule has 0 radical (unpaired) electrons. The zero-order valence-electron chi connectivity index (χ0n) is 13.2. The largest absolute Gasteiger partial charge is 0.477 e. The molecule has 1 fully saturated rings. The first kappa shape index (κ1) is 19.1. The monoisotopic (exact) mass is 421 g/mol. The van der Waals surface area contributed by atoms with Gasteiger partial charge in [0, 0.05) is 11.5 Å². The quantitative estimate of drug-likeness (QED) is 0.315. The number of carbonyl (C=O) groups excluding carboxylic acids is 1. The van der Waals surface area contributed by atoms with Gasteiger partial charge in [-0.3, -0.25) is 9.69 Å². The number of amides is 1. The summed E-state index contributed by atoms with van der Waals surface area (Å²) < 4.78 is 23.4. The van der Waals surface area contributed by atoms with Crippen LogP contribution in [-0.4, -0.2) is 79.2 Å². The van der Waals surface area contributed by atoms with E-state index in [0.29, 0.717) is 16.5 Å². The summed E-state index contributed by atoms with van der Waals surface area (Å²) in [5.74, 6) is -1.29. The molecular weight excluding hydrogens is 406 g/mol. The van der Waals surface area contributed by atoms with Gasteiger partial charge in [-0.2, -0.15) is 0 Å². The summed E-state index contributed by atoms with van der Waals surface area (Å²) in [5.41, 5.74) is 6.19. The average Bonchev–Trinajstić information content (AvgIpc) is 3.03. The molecule has 1 unspecified atom stereocenters. The third-order valence-electron chi connectivity index (χ3n) is 3.75. The van der Waals surface area contributed by atoms with Crippen molar-refractivity contribution < 1.29 is 23.1 Å². The van der Waals surface area contributed by atoms with Crippen LogP contribution in [-0.2, 0) is 26.2 Å². The average molecular weight is 421 g/mol. The first-order chi connectivity index (χ1) is 12.2. The van der Waals surface area contributed by atoms with Crippen molar-refractivity contribution in [3.63, 3.8) is 0 Å². The van der Waals surface area contributed by atoms with E-state index in [2.05, 4.69) is 15.5 Å². The SMILES string of the molecule is NC1C(=O)N2C(C(=O)O)=C(CSc3nnnn3CCS(N)(=O)=O)CS[C@H]12. The maximum Gasteiger partial charge on any atom is 0.352 e. The first-order valence-corrected chi connectivity index (χ1v) is 11.0. The molecule has 0 saturated carbocycles. The third kappa shape index (κ3) is 3.71. The van der Waals surface area contributed by atoms with E-state index >= 15 is 0 Å². The van der Waals surface area contributed by atoms with Gasteiger partial charge in [-0.1, -0.05) is 11.8 Å². The van der Waals surface area contributed by atoms with Crippen LogP contribution in [0.5, 0.6) is 0 Å². The number of nitrogens with two attached hydrogens (primary N) is 2. The molecule has 2 aliphatic heterocycles. The highest BCUT2D eigenvalue weighted by atomic mass is 32.2. The molecule has 26 heavy (non-hydrogen) atoms. The number of nitrogens with zero attached hydrogens (tertiary/aromatic N) is 5. The van der Waals surface area contributed by atoms with E-state index < -0.39 is 27.9 Å². The summed E-state index contributed by atoms with van der Waals surface area (Å²) in [4.78, 5) is 24.7. The molecule has 15 heteroatoms. The molecule has 1 aromatic rings. The zero-order valence-corrected chi connectivity index (χ0v) is 15.6. The van der Waals surface area contributed by atoms with Crippen molar-refractivity contribution in [3.05, 3.63) is 11.3 Å². The summed E-state index contributed by atoms with van der Waals surface area (Å²) in [6, 6.07) is -0.686. The lowest BCUT2D eigenvalue weighted by Crippen LogP contribution is -2.68. The number of carboxylic acids is 1. The number of carbonyl (C=O) groups is 2. The number of sulfonamides is 1. The Labute approximate surface area is 156 Å². The normalized spacial score (nSPS) is 23.0. The molecule has 2 atom stereocenters. The Bertz CT molecular complexity index is 882. The Balaban J connectivity index is 1.74. The Kier molecular flexibility index (Phi) is 5.25. The minimum Gasteiger partial charge on any atom is -0.477 e. The van der Waals surface area contributed by atoms with Crippen molar-refractivity contribution in [2.24, 2.45) is 10.9 Å². The van der Waals surface area contributed by atoms with Crippen LogP contribution in [0.3, 0.4) is 0 Å². The fraction of sp³-hybridized carbons (Fsp3) is 0.545. The molecule has 3 heterocycles. The number of hydrogen-bond acceptors (Lipinski definition) is 10. The van der Waals surface area contributed by atoms with E-state index in [0.717, 1.165) is 11.8 Å². The Hall–Kier alpha value is -1.68. The van der Waals surface area contributed by atoms with Gasteiger partial charge in [0.25, 0.3) is 0 Å². The molecule has 0 bridgehead atoms. The predicted molar refractivity (Wildman–Crippen MR) is 92.2 cm³/mol. The van der Waals surface area contributed by atoms with Crippen LogP contribution in [0.2, 0.25) is 0 Å². The second-order valence-electron chi connectivity index (χ2n) is 5.53. The Morgan fingerprint density at radius 2 is 2.19 bits per heavy atom. The van der Waals surface area contributed by atoms with E-state index in [1.807, 2.05) is 0 Å². The lowest BCUT2D eigenvalue weighted by molar-refractivity contribution is -0.147. The highest BCUT2D eigenvalue weighted by Crippen LogP contribution is 2.40. The Morgan fingerprint density at radius 1 is 1.46 bits per heavy atom. The van der Waals surface area contributed by atoms with Gasteiger partial charge in [-0.15, -0.1) is 16.9 Å². The molecule has 2 aliphatic rings. The number of thioether (sulfide) groups is 2. The van der Waals surface area contributed by atoms with Crippen LogP contribution in [0, 0.1) is 0 Å². The summed E-state index contributed by atoms with van der Waals surface area (Å²) >= 11 is 2.55. The second-order valence-corrected chi connectivity index (χ2v) is 9.31. The maximum absolute atomic E-state index is 11.9. The summed E-state index contributed by atoms with van der Waals surface area (Å²) in [5, 5.41) is 25.4. The van der Waals surface area contributed by atoms with Crippen molar-refractivity contribution in [3.8, 4) is 0 Å². The van der Waals surface area contributed by atoms with Gasteiger partial charge in [0.1, 0.15) is 17.1 Å². The lowest BCUT2D eigenvalue weighted by Gasteiger charge is -2.48. The van der Waals surface area contributed by atoms with Gasteiger partial charge in [-0.05, 0) is 16.0 Å². The van der Waals surface area contributed by atoms with Gasteiger partial charge in [0.2, 0.25) is 21.1 Å². The number of β-lactam (4-membered cyclic amide) rings is 1. The number of hydrogen-bond donors (Lipinski definition) is 3. The standard InChI is InChI=1S/C11H15N7O5S3/c12-6-8(19)18-7(10(20)21)5(3-24-9(6)18)4-25-11-14-15-16-17(11)1-2-26(13,22)23/h6,9H,1-4,12H2,(H,20,21)(H2,13,22,23)/t6?,9-/m1/s1. The predicted octanol–water partition coefficient (Wildman–Crippen LogP) is -2.37. The first-order valence-electron chi connectivity index (χ1n) is 7.24. The minimum atomic E-state index is -3.66. The smallest absolute Gasteiger partial charge is 0.352 e. The molecule has 0 spiro atoms. The number of rotatable bonds is 7. The van der Waals surface area contributed by atoms with Crippen LogP contribution < -0.4 is 10.9 Å². The van der Waals surface area contributed by atoms with Crippen molar-refractivity contribution in [2.45, 2.75) is 23.1 Å². The van der Waals surface area contributed by atoms with Crippen LogP contribution in [0.1, 0.15) is 0 Å². The van der Waals surface area contributed by atoms with E-state index in [-0.39, 0.29) is 29.1 Å². The molecule has 0 aromatic carbocycles. The highest BCUT2D eigenvalue weighted by molar-refractivity contribution is 8.01. The molecular formula is C11H15N7O5S3. The van der Waals surface area contributed by atoms with Crippen LogP contribution in [0.25, 0.3) is 0 Å². The summed E-state index contributed by atoms with van der Waals surface area (Å²) in [7, 11) is -3.66. The molecule has 142 valence electrons. The molecule has 1 aromatic heterocycles. The van der Waals surface area contributed by atoms with Gasteiger partial charge in [0.15, 0.2) is 0 Å². The zero-order chi connectivity index (χ0) is 19.1. The van der Waals surface area contributed by atoms with Crippen LogP contribution >= 0.6 is 23.5 Å². The third-order valence-corrected chi connectivity index (χ3v) is 6.91. The number of aryl methyl sites for hydroxylation is 1. The van der Waals surface area contributed by atoms with E-state index in [9.17, 15) is 23.1 Å². The van der Waals surface area contributed by atoms with E-state index in [1.165, 1.54) is 21.3 Å². The molecule has 12 nitrogen and oxygen atoms in total. The van der Waals surface area contributed by atoms with Crippen molar-refractivity contribution in [2.75, 3.05) is 17.3 Å². The van der Waals surface area contributed by atoms with Gasteiger partial charge < -0.3 is 10.8 Å². The van der Waals surface area contributed by atoms with E-state index in [4.69, 9.17) is 10.9 Å². The lowest BCUT2D eigenvalue weighted by atomic mass is 10.0. The van der Waals surface area contributed by atoms with Crippen LogP contribution in [0.4, 0.5) is 0 Å². The summed E-state index contributed by atoms with van der Waals surface area (Å²) in [6.07, 6.45) is 0. The number of primary sulfonamides is 1. The number of tetrazole rings is 1. The van der Waals surface area contributed by atoms with Gasteiger partial charge in [-0.25, -0.2) is 23.0 Å². The second kappa shape index (κ2) is 7.15. The molecule has 1 saturated heterocycles. The summed E-state index contributed by atoms with van der Waals surface area (Å²) in [6.45, 7) is -0.0186. The fourth-order valence-corrected chi connectivity index (χ4v) is 5.26. The molecule has 0 aliphatic carbocycles. The fourth-order valence-electron chi connectivity index (χ4n) is 2.50. The van der Waals surface area contributed by atoms with Crippen molar-refractivity contribution in [1.29, 1.82) is 0 Å². The number of aromatic nitrogens is 4. The van der Waals surface area contributed by atoms with Crippen molar-refractivity contribution >= 4 is 45.4 Å². The van der Waals surface area contributed by atoms with Crippen LogP contribution in [0.15, 0.2) is 16.4 Å². The van der Waals surface area contributed by atoms with Crippen molar-refractivity contribution in [1.82, 2.24) is 25.1 Å². The topological polar surface area (TPSA) is 187 Å². The molecule has 3 rings (SSSR count). The number of carboxylic acid groups (broad SMARTS) is 1. The van der Waals surface area contributed by atoms with Gasteiger partial charge >= 0.3 is 5.97 Å². The number of fused-ring (bicyclic) bond motifs is 1. The Morgan fingerprint density at radius 3 is 2.85 bits per heavy atom. The van der Waals surface area contributed by atoms with E-state index in [1.54, 1.807) is 0 Å². The maximum atomic E-state index is 11.9. The molecule has 1 amide bonds. The highest BCUT2D eigenvalue weighted by Gasteiger charge is 2.51. The minimum absolute atomic E-state index is 0.0186. The molecule has 5 N–H and O–H groups in total.